The molecular formula is C18H20BrN3O2. The molecule has 0 spiro atoms. The number of nitrogens with zero attached hydrogens (tertiary/aromatic N) is 1. The number of hydrogen-bond acceptors (Lipinski definition) is 3. The number of amides is 2. The summed E-state index contributed by atoms with van der Waals surface area (Å²) in [6, 6.07) is 9.14. The Balaban J connectivity index is 2.00. The number of benzene rings is 1. The van der Waals surface area contributed by atoms with Crippen molar-refractivity contribution in [1.29, 1.82) is 0 Å². The third-order valence-electron chi connectivity index (χ3n) is 3.75. The maximum atomic E-state index is 12.5. The molecule has 1 aromatic heterocycles. The summed E-state index contributed by atoms with van der Waals surface area (Å²) < 4.78 is 0.967. The number of carbonyl (C=O) groups excluding carboxylic acids is 2. The summed E-state index contributed by atoms with van der Waals surface area (Å²) >= 11 is 3.42. The Hall–Kier alpha value is -2.21. The highest BCUT2D eigenvalue weighted by Crippen LogP contribution is 2.23. The highest BCUT2D eigenvalue weighted by Gasteiger charge is 2.35. The molecule has 2 amide bonds. The fraction of sp³-hybridized carbons (Fsp3) is 0.278. The second-order valence-electron chi connectivity index (χ2n) is 6.08. The van der Waals surface area contributed by atoms with E-state index in [-0.39, 0.29) is 11.8 Å². The van der Waals surface area contributed by atoms with Gasteiger partial charge in [-0.15, -0.1) is 0 Å². The van der Waals surface area contributed by atoms with Crippen molar-refractivity contribution in [3.8, 4) is 0 Å². The van der Waals surface area contributed by atoms with Crippen molar-refractivity contribution in [2.45, 2.75) is 27.3 Å². The van der Waals surface area contributed by atoms with Crippen LogP contribution < -0.4 is 10.6 Å². The number of halogens is 1. The molecule has 0 fully saturated rings. The van der Waals surface area contributed by atoms with Crippen molar-refractivity contribution in [3.63, 3.8) is 0 Å². The van der Waals surface area contributed by atoms with Crippen molar-refractivity contribution in [3.05, 3.63) is 58.3 Å². The zero-order chi connectivity index (χ0) is 17.7. The lowest BCUT2D eigenvalue weighted by molar-refractivity contribution is -0.138. The van der Waals surface area contributed by atoms with Gasteiger partial charge in [0.1, 0.15) is 5.41 Å². The molecule has 0 bridgehead atoms. The van der Waals surface area contributed by atoms with E-state index in [2.05, 4.69) is 31.5 Å². The number of pyridine rings is 1. The van der Waals surface area contributed by atoms with Gasteiger partial charge in [0.05, 0.1) is 0 Å². The molecule has 0 unspecified atom stereocenters. The van der Waals surface area contributed by atoms with Crippen LogP contribution in [0.1, 0.15) is 25.0 Å². The van der Waals surface area contributed by atoms with Crippen LogP contribution in [0.15, 0.2) is 47.2 Å². The quantitative estimate of drug-likeness (QED) is 0.769. The molecule has 24 heavy (non-hydrogen) atoms. The second-order valence-corrected chi connectivity index (χ2v) is 6.94. The Morgan fingerprint density at radius 1 is 1.12 bits per heavy atom. The van der Waals surface area contributed by atoms with Crippen LogP contribution in [0, 0.1) is 12.3 Å². The molecule has 0 saturated heterocycles. The molecule has 5 nitrogen and oxygen atoms in total. The van der Waals surface area contributed by atoms with Crippen molar-refractivity contribution < 1.29 is 9.59 Å². The molecule has 6 heteroatoms. The number of carbonyl (C=O) groups is 2. The van der Waals surface area contributed by atoms with Crippen LogP contribution in [0.2, 0.25) is 0 Å². The summed E-state index contributed by atoms with van der Waals surface area (Å²) in [4.78, 5) is 28.8. The van der Waals surface area contributed by atoms with E-state index in [1.165, 1.54) is 0 Å². The smallest absolute Gasteiger partial charge is 0.239 e. The Labute approximate surface area is 150 Å². The van der Waals surface area contributed by atoms with Crippen LogP contribution in [-0.4, -0.2) is 16.8 Å². The van der Waals surface area contributed by atoms with Crippen LogP contribution in [0.25, 0.3) is 0 Å². The van der Waals surface area contributed by atoms with E-state index in [9.17, 15) is 9.59 Å². The topological polar surface area (TPSA) is 71.1 Å². The molecule has 0 atom stereocenters. The number of anilines is 1. The van der Waals surface area contributed by atoms with E-state index in [0.29, 0.717) is 12.2 Å². The van der Waals surface area contributed by atoms with Gasteiger partial charge >= 0.3 is 0 Å². The number of nitrogens with one attached hydrogen (secondary N) is 2. The summed E-state index contributed by atoms with van der Waals surface area (Å²) in [7, 11) is 0. The van der Waals surface area contributed by atoms with E-state index in [1.54, 1.807) is 32.3 Å². The number of rotatable bonds is 5. The second kappa shape index (κ2) is 7.57. The normalized spacial score (nSPS) is 11.0. The molecule has 0 radical (unpaired) electrons. The monoisotopic (exact) mass is 389 g/mol. The van der Waals surface area contributed by atoms with Gasteiger partial charge in [-0.05, 0) is 62.2 Å². The molecule has 1 heterocycles. The molecule has 2 N–H and O–H groups in total. The predicted molar refractivity (Wildman–Crippen MR) is 97.4 cm³/mol. The first kappa shape index (κ1) is 18.1. The average Bonchev–Trinajstić information content (AvgIpc) is 2.56. The van der Waals surface area contributed by atoms with Gasteiger partial charge in [-0.2, -0.15) is 0 Å². The minimum atomic E-state index is -1.19. The Kier molecular flexibility index (Phi) is 5.72. The summed E-state index contributed by atoms with van der Waals surface area (Å²) in [6.07, 6.45) is 3.32. The lowest BCUT2D eigenvalue weighted by Crippen LogP contribution is -2.44. The Morgan fingerprint density at radius 2 is 1.79 bits per heavy atom. The van der Waals surface area contributed by atoms with Gasteiger partial charge in [-0.3, -0.25) is 14.6 Å². The Bertz CT molecular complexity index is 745. The fourth-order valence-electron chi connectivity index (χ4n) is 2.02. The lowest BCUT2D eigenvalue weighted by Gasteiger charge is -2.23. The van der Waals surface area contributed by atoms with Crippen molar-refractivity contribution >= 4 is 33.4 Å². The van der Waals surface area contributed by atoms with Crippen molar-refractivity contribution in [1.82, 2.24) is 10.3 Å². The van der Waals surface area contributed by atoms with Crippen LogP contribution >= 0.6 is 15.9 Å². The van der Waals surface area contributed by atoms with Crippen molar-refractivity contribution in [2.24, 2.45) is 5.41 Å². The first-order valence-corrected chi connectivity index (χ1v) is 8.35. The molecule has 0 aliphatic rings. The molecule has 0 aliphatic heterocycles. The number of aryl methyl sites for hydroxylation is 1. The fourth-order valence-corrected chi connectivity index (χ4v) is 2.26. The molecule has 1 aromatic carbocycles. The summed E-state index contributed by atoms with van der Waals surface area (Å²) in [5.74, 6) is -0.679. The van der Waals surface area contributed by atoms with Gasteiger partial charge in [0.2, 0.25) is 11.8 Å². The molecule has 126 valence electrons. The summed E-state index contributed by atoms with van der Waals surface area (Å²) in [5, 5.41) is 5.59. The predicted octanol–water partition coefficient (Wildman–Crippen LogP) is 3.43. The summed E-state index contributed by atoms with van der Waals surface area (Å²) in [6.45, 7) is 5.51. The first-order valence-electron chi connectivity index (χ1n) is 7.55. The minimum absolute atomic E-state index is 0.328. The largest absolute Gasteiger partial charge is 0.351 e. The highest BCUT2D eigenvalue weighted by molar-refractivity contribution is 9.10. The van der Waals surface area contributed by atoms with E-state index >= 15 is 0 Å². The van der Waals surface area contributed by atoms with E-state index in [0.717, 1.165) is 15.6 Å². The van der Waals surface area contributed by atoms with Crippen LogP contribution in [0.3, 0.4) is 0 Å². The first-order chi connectivity index (χ1) is 11.3. The lowest BCUT2D eigenvalue weighted by atomic mass is 9.90. The maximum Gasteiger partial charge on any atom is 0.239 e. The standard InChI is InChI=1S/C18H20BrN3O2/c1-12-10-14(4-5-15(12)19)22-17(24)18(2,3)16(23)21-11-13-6-8-20-9-7-13/h4-10H,11H2,1-3H3,(H,21,23)(H,22,24). The minimum Gasteiger partial charge on any atom is -0.351 e. The van der Waals surface area contributed by atoms with Gasteiger partial charge in [0.15, 0.2) is 0 Å². The zero-order valence-electron chi connectivity index (χ0n) is 13.9. The van der Waals surface area contributed by atoms with E-state index in [1.807, 2.05) is 31.2 Å². The third-order valence-corrected chi connectivity index (χ3v) is 4.64. The van der Waals surface area contributed by atoms with E-state index < -0.39 is 5.41 Å². The van der Waals surface area contributed by atoms with Crippen molar-refractivity contribution in [2.75, 3.05) is 5.32 Å². The number of aromatic nitrogens is 1. The van der Waals surface area contributed by atoms with Crippen LogP contribution in [0.5, 0.6) is 0 Å². The number of hydrogen-bond donors (Lipinski definition) is 2. The molecule has 0 aliphatic carbocycles. The third kappa shape index (κ3) is 4.41. The van der Waals surface area contributed by atoms with Gasteiger partial charge in [0, 0.05) is 29.1 Å². The highest BCUT2D eigenvalue weighted by atomic mass is 79.9. The van der Waals surface area contributed by atoms with Crippen LogP contribution in [0.4, 0.5) is 5.69 Å². The maximum absolute atomic E-state index is 12.5. The Morgan fingerprint density at radius 3 is 2.42 bits per heavy atom. The van der Waals surface area contributed by atoms with Gasteiger partial charge in [0.25, 0.3) is 0 Å². The van der Waals surface area contributed by atoms with Gasteiger partial charge < -0.3 is 10.6 Å². The average molecular weight is 390 g/mol. The molecule has 2 rings (SSSR count). The van der Waals surface area contributed by atoms with Crippen LogP contribution in [-0.2, 0) is 16.1 Å². The summed E-state index contributed by atoms with van der Waals surface area (Å²) in [5.41, 5.74) is 1.41. The molecule has 2 aromatic rings. The zero-order valence-corrected chi connectivity index (χ0v) is 15.5. The van der Waals surface area contributed by atoms with Gasteiger partial charge in [-0.1, -0.05) is 15.9 Å². The van der Waals surface area contributed by atoms with E-state index in [4.69, 9.17) is 0 Å². The van der Waals surface area contributed by atoms with Gasteiger partial charge in [-0.25, -0.2) is 0 Å². The molecule has 0 saturated carbocycles. The SMILES string of the molecule is Cc1cc(NC(=O)C(C)(C)C(=O)NCc2ccncc2)ccc1Br. The molecular weight excluding hydrogens is 370 g/mol.